The fourth-order valence-electron chi connectivity index (χ4n) is 1.93. The first-order chi connectivity index (χ1) is 10.9. The van der Waals surface area contributed by atoms with Crippen LogP contribution < -0.4 is 11.1 Å². The number of carbonyl (C=O) groups is 1. The van der Waals surface area contributed by atoms with E-state index in [1.165, 1.54) is 11.8 Å². The third-order valence-electron chi connectivity index (χ3n) is 2.90. The molecule has 0 saturated heterocycles. The van der Waals surface area contributed by atoms with E-state index in [-0.39, 0.29) is 30.1 Å². The Kier molecular flexibility index (Phi) is 8.55. The van der Waals surface area contributed by atoms with E-state index in [0.717, 1.165) is 6.42 Å². The number of hydrogen-bond donors (Lipinski definition) is 2. The monoisotopic (exact) mass is 390 g/mol. The molecule has 1 amide bonds. The molecule has 2 rings (SSSR count). The van der Waals surface area contributed by atoms with Crippen LogP contribution in [0.25, 0.3) is 0 Å². The molecule has 0 fully saturated rings. The van der Waals surface area contributed by atoms with Gasteiger partial charge in [0.2, 0.25) is 11.8 Å². The summed E-state index contributed by atoms with van der Waals surface area (Å²) in [6.45, 7) is 4.15. The number of thioether (sulfide) groups is 1. The second-order valence-corrected chi connectivity index (χ2v) is 6.85. The Labute approximate surface area is 156 Å². The smallest absolute Gasteiger partial charge is 0.277 e. The predicted molar refractivity (Wildman–Crippen MR) is 98.7 cm³/mol. The Morgan fingerprint density at radius 2 is 2.17 bits per heavy atom. The van der Waals surface area contributed by atoms with E-state index in [0.29, 0.717) is 27.7 Å². The standard InChI is InChI=1S/C15H19ClN4O2S.ClH/c1-9(2)6-12(17)14-19-20-15(22-14)23-8-13(21)18-11-5-3-4-10(16)7-11;/h3-5,7,9,12H,6,8,17H2,1-2H3,(H,18,21);1H/t12-;/m0./s1. The molecule has 0 aliphatic rings. The minimum atomic E-state index is -0.280. The molecule has 24 heavy (non-hydrogen) atoms. The molecule has 1 aromatic carbocycles. The summed E-state index contributed by atoms with van der Waals surface area (Å²) in [7, 11) is 0. The lowest BCUT2D eigenvalue weighted by molar-refractivity contribution is -0.113. The molecule has 0 aliphatic carbocycles. The zero-order valence-electron chi connectivity index (χ0n) is 13.4. The summed E-state index contributed by atoms with van der Waals surface area (Å²) in [5, 5.41) is 11.5. The predicted octanol–water partition coefficient (Wildman–Crippen LogP) is 3.92. The minimum Gasteiger partial charge on any atom is -0.414 e. The highest BCUT2D eigenvalue weighted by Gasteiger charge is 2.16. The van der Waals surface area contributed by atoms with Crippen LogP contribution in [-0.4, -0.2) is 21.9 Å². The van der Waals surface area contributed by atoms with Crippen LogP contribution in [0.15, 0.2) is 33.9 Å². The maximum absolute atomic E-state index is 11.9. The van der Waals surface area contributed by atoms with Gasteiger partial charge < -0.3 is 15.5 Å². The Morgan fingerprint density at radius 1 is 1.42 bits per heavy atom. The molecule has 0 spiro atoms. The van der Waals surface area contributed by atoms with Crippen LogP contribution >= 0.6 is 35.8 Å². The van der Waals surface area contributed by atoms with E-state index in [4.69, 9.17) is 21.8 Å². The summed E-state index contributed by atoms with van der Waals surface area (Å²) < 4.78 is 5.48. The van der Waals surface area contributed by atoms with Crippen LogP contribution in [0.1, 0.15) is 32.2 Å². The van der Waals surface area contributed by atoms with E-state index >= 15 is 0 Å². The molecule has 0 bridgehead atoms. The average molecular weight is 391 g/mol. The van der Waals surface area contributed by atoms with E-state index in [1.54, 1.807) is 24.3 Å². The van der Waals surface area contributed by atoms with E-state index in [1.807, 2.05) is 0 Å². The summed E-state index contributed by atoms with van der Waals surface area (Å²) >= 11 is 7.04. The van der Waals surface area contributed by atoms with Crippen LogP contribution in [0.2, 0.25) is 5.02 Å². The normalized spacial score (nSPS) is 11.9. The van der Waals surface area contributed by atoms with Crippen LogP contribution in [0.5, 0.6) is 0 Å². The molecule has 0 aliphatic heterocycles. The third kappa shape index (κ3) is 6.68. The van der Waals surface area contributed by atoms with Gasteiger partial charge in [0.05, 0.1) is 11.8 Å². The Bertz CT molecular complexity index is 666. The molecule has 0 unspecified atom stereocenters. The van der Waals surface area contributed by atoms with Crippen molar-refractivity contribution in [2.24, 2.45) is 11.7 Å². The second-order valence-electron chi connectivity index (χ2n) is 5.49. The van der Waals surface area contributed by atoms with Gasteiger partial charge in [0.25, 0.3) is 5.22 Å². The van der Waals surface area contributed by atoms with Crippen molar-refractivity contribution in [3.63, 3.8) is 0 Å². The highest BCUT2D eigenvalue weighted by Crippen LogP contribution is 2.22. The zero-order chi connectivity index (χ0) is 16.8. The molecule has 1 atom stereocenters. The van der Waals surface area contributed by atoms with Gasteiger partial charge in [-0.2, -0.15) is 0 Å². The molecule has 0 saturated carbocycles. The Morgan fingerprint density at radius 3 is 2.83 bits per heavy atom. The van der Waals surface area contributed by atoms with Crippen molar-refractivity contribution in [1.82, 2.24) is 10.2 Å². The number of rotatable bonds is 7. The van der Waals surface area contributed by atoms with E-state index in [9.17, 15) is 4.79 Å². The second kappa shape index (κ2) is 9.88. The SMILES string of the molecule is CC(C)C[C@H](N)c1nnc(SCC(=O)Nc2cccc(Cl)c2)o1.Cl. The molecule has 6 nitrogen and oxygen atoms in total. The van der Waals surface area contributed by atoms with Crippen LogP contribution in [0.4, 0.5) is 5.69 Å². The molecule has 2 aromatic rings. The van der Waals surface area contributed by atoms with Gasteiger partial charge in [0.1, 0.15) is 0 Å². The molecule has 9 heteroatoms. The highest BCUT2D eigenvalue weighted by molar-refractivity contribution is 7.99. The average Bonchev–Trinajstić information content (AvgIpc) is 2.93. The first-order valence-corrected chi connectivity index (χ1v) is 8.57. The summed E-state index contributed by atoms with van der Waals surface area (Å²) in [4.78, 5) is 11.9. The van der Waals surface area contributed by atoms with Gasteiger partial charge in [-0.25, -0.2) is 0 Å². The zero-order valence-corrected chi connectivity index (χ0v) is 15.7. The lowest BCUT2D eigenvalue weighted by Crippen LogP contribution is -2.14. The van der Waals surface area contributed by atoms with E-state index in [2.05, 4.69) is 29.4 Å². The number of carbonyl (C=O) groups excluding carboxylic acids is 1. The fraction of sp³-hybridized carbons (Fsp3) is 0.400. The first kappa shape index (κ1) is 20.8. The lowest BCUT2D eigenvalue weighted by Gasteiger charge is -2.08. The van der Waals surface area contributed by atoms with Crippen molar-refractivity contribution in [2.45, 2.75) is 31.5 Å². The Balaban J connectivity index is 0.00000288. The number of nitrogens with one attached hydrogen (secondary N) is 1. The summed E-state index contributed by atoms with van der Waals surface area (Å²) in [5.41, 5.74) is 6.63. The van der Waals surface area contributed by atoms with Crippen LogP contribution in [0, 0.1) is 5.92 Å². The van der Waals surface area contributed by atoms with Crippen molar-refractivity contribution < 1.29 is 9.21 Å². The molecule has 132 valence electrons. The highest BCUT2D eigenvalue weighted by atomic mass is 35.5. The third-order valence-corrected chi connectivity index (χ3v) is 3.95. The summed E-state index contributed by atoms with van der Waals surface area (Å²) in [6, 6.07) is 6.68. The van der Waals surface area contributed by atoms with Crippen LogP contribution in [-0.2, 0) is 4.79 Å². The number of halogens is 2. The molecular formula is C15H20Cl2N4O2S. The molecule has 1 aromatic heterocycles. The van der Waals surface area contributed by atoms with Crippen molar-refractivity contribution in [1.29, 1.82) is 0 Å². The molecule has 3 N–H and O–H groups in total. The molecule has 0 radical (unpaired) electrons. The quantitative estimate of drug-likeness (QED) is 0.695. The van der Waals surface area contributed by atoms with Gasteiger partial charge in [-0.1, -0.05) is 43.3 Å². The summed E-state index contributed by atoms with van der Waals surface area (Å²) in [5.74, 6) is 0.824. The fourth-order valence-corrected chi connectivity index (χ4v) is 2.69. The van der Waals surface area contributed by atoms with Gasteiger partial charge in [-0.05, 0) is 30.5 Å². The lowest BCUT2D eigenvalue weighted by atomic mass is 10.1. The van der Waals surface area contributed by atoms with Crippen molar-refractivity contribution in [2.75, 3.05) is 11.1 Å². The number of anilines is 1. The molecule has 1 heterocycles. The first-order valence-electron chi connectivity index (χ1n) is 7.21. The maximum atomic E-state index is 11.9. The van der Waals surface area contributed by atoms with Crippen LogP contribution in [0.3, 0.4) is 0 Å². The van der Waals surface area contributed by atoms with Crippen molar-refractivity contribution >= 4 is 47.4 Å². The minimum absolute atomic E-state index is 0. The van der Waals surface area contributed by atoms with E-state index < -0.39 is 0 Å². The van der Waals surface area contributed by atoms with Crippen molar-refractivity contribution in [3.8, 4) is 0 Å². The van der Waals surface area contributed by atoms with Gasteiger partial charge in [-0.15, -0.1) is 22.6 Å². The Hall–Kier alpha value is -1.28. The number of benzene rings is 1. The molecular weight excluding hydrogens is 371 g/mol. The number of nitrogens with two attached hydrogens (primary N) is 1. The van der Waals surface area contributed by atoms with Gasteiger partial charge in [0.15, 0.2) is 0 Å². The topological polar surface area (TPSA) is 94.0 Å². The maximum Gasteiger partial charge on any atom is 0.277 e. The largest absolute Gasteiger partial charge is 0.414 e. The van der Waals surface area contributed by atoms with Gasteiger partial charge >= 0.3 is 0 Å². The van der Waals surface area contributed by atoms with Crippen molar-refractivity contribution in [3.05, 3.63) is 35.2 Å². The number of hydrogen-bond acceptors (Lipinski definition) is 6. The summed E-state index contributed by atoms with van der Waals surface area (Å²) in [6.07, 6.45) is 0.765. The van der Waals surface area contributed by atoms with Gasteiger partial charge in [-0.3, -0.25) is 4.79 Å². The number of amides is 1. The number of nitrogens with zero attached hydrogens (tertiary/aromatic N) is 2. The number of aromatic nitrogens is 2. The van der Waals surface area contributed by atoms with Gasteiger partial charge in [0, 0.05) is 10.7 Å².